The van der Waals surface area contributed by atoms with Gasteiger partial charge >= 0.3 is 21.6 Å². The zero-order valence-corrected chi connectivity index (χ0v) is 16.4. The van der Waals surface area contributed by atoms with Crippen molar-refractivity contribution in [1.29, 1.82) is 0 Å². The van der Waals surface area contributed by atoms with E-state index in [2.05, 4.69) is 14.2 Å². The first-order valence-electron chi connectivity index (χ1n) is 8.12. The van der Waals surface area contributed by atoms with Crippen molar-refractivity contribution >= 4 is 27.7 Å². The first-order valence-corrected chi connectivity index (χ1v) is 9.52. The number of esters is 1. The van der Waals surface area contributed by atoms with Crippen molar-refractivity contribution < 1.29 is 49.6 Å². The van der Waals surface area contributed by atoms with Gasteiger partial charge in [-0.1, -0.05) is 0 Å². The smallest absolute Gasteiger partial charge is 0.466 e. The van der Waals surface area contributed by atoms with Crippen molar-refractivity contribution in [1.82, 2.24) is 4.90 Å². The number of aryl methyl sites for hydroxylation is 1. The van der Waals surface area contributed by atoms with Crippen LogP contribution in [0.4, 0.5) is 23.2 Å². The summed E-state index contributed by atoms with van der Waals surface area (Å²) < 4.78 is 83.1. The summed E-state index contributed by atoms with van der Waals surface area (Å²) in [6, 6.07) is 1.30. The molecule has 2 N–H and O–H groups in total. The maximum atomic E-state index is 14.3. The number of anilines is 1. The Morgan fingerprint density at radius 2 is 1.97 bits per heavy atom. The second-order valence-corrected chi connectivity index (χ2v) is 7.54. The zero-order chi connectivity index (χ0) is 22.9. The van der Waals surface area contributed by atoms with Gasteiger partial charge in [-0.3, -0.25) is 4.79 Å². The van der Waals surface area contributed by atoms with E-state index in [4.69, 9.17) is 5.11 Å². The fourth-order valence-electron chi connectivity index (χ4n) is 2.49. The Hall–Kier alpha value is -2.87. The predicted molar refractivity (Wildman–Crippen MR) is 93.1 cm³/mol. The normalized spacial score (nSPS) is 14.9. The molecule has 1 aromatic rings. The summed E-state index contributed by atoms with van der Waals surface area (Å²) in [6.07, 6.45) is 0. The van der Waals surface area contributed by atoms with Crippen LogP contribution in [0, 0.1) is 12.7 Å². The third-order valence-electron chi connectivity index (χ3n) is 3.96. The average Bonchev–Trinajstić information content (AvgIpc) is 2.94. The number of alkyl halides is 3. The Balaban J connectivity index is 2.46. The molecule has 0 aromatic heterocycles. The second-order valence-electron chi connectivity index (χ2n) is 6.00. The van der Waals surface area contributed by atoms with E-state index in [-0.39, 0.29) is 24.2 Å². The third-order valence-corrected chi connectivity index (χ3v) is 4.93. The van der Waals surface area contributed by atoms with Gasteiger partial charge in [-0.2, -0.15) is 21.6 Å². The summed E-state index contributed by atoms with van der Waals surface area (Å²) in [5, 5.41) is 11.3. The fourth-order valence-corrected chi connectivity index (χ4v) is 3.00. The van der Waals surface area contributed by atoms with E-state index in [0.717, 1.165) is 18.9 Å². The number of nitrogens with one attached hydrogen (secondary N) is 1. The van der Waals surface area contributed by atoms with Gasteiger partial charge in [0.05, 0.1) is 31.5 Å². The summed E-state index contributed by atoms with van der Waals surface area (Å²) in [5.74, 6) is -3.65. The average molecular weight is 456 g/mol. The molecule has 0 unspecified atom stereocenters. The molecule has 0 saturated carbocycles. The molecule has 0 aliphatic carbocycles. The number of ether oxygens (including phenoxy) is 1. The predicted octanol–water partition coefficient (Wildman–Crippen LogP) is 1.04. The number of rotatable bonds is 7. The maximum Gasteiger partial charge on any atom is 0.534 e. The van der Waals surface area contributed by atoms with Crippen LogP contribution in [0.15, 0.2) is 23.4 Å². The molecule has 166 valence electrons. The third kappa shape index (κ3) is 4.64. The zero-order valence-electron chi connectivity index (χ0n) is 15.5. The number of aliphatic hydroxyl groups is 1. The van der Waals surface area contributed by atoms with Crippen LogP contribution in [0.5, 0.6) is 5.75 Å². The summed E-state index contributed by atoms with van der Waals surface area (Å²) in [5.41, 5.74) is -7.27. The van der Waals surface area contributed by atoms with Crippen molar-refractivity contribution in [2.24, 2.45) is 0 Å². The van der Waals surface area contributed by atoms with E-state index in [1.165, 1.54) is 0 Å². The van der Waals surface area contributed by atoms with Crippen LogP contribution < -0.4 is 9.50 Å². The minimum atomic E-state index is -6.02. The van der Waals surface area contributed by atoms with Crippen molar-refractivity contribution in [3.63, 3.8) is 0 Å². The van der Waals surface area contributed by atoms with Crippen molar-refractivity contribution in [3.05, 3.63) is 34.8 Å². The molecular formula is C16H16F4N2O7S. The first-order chi connectivity index (χ1) is 13.8. The number of β-amino-alcohol motifs (C(OH)–C–C–N with tert-alkyl or cyclic N) is 1. The van der Waals surface area contributed by atoms with E-state index in [1.807, 2.05) is 0 Å². The number of hydrogen-bond acceptors (Lipinski definition) is 8. The summed E-state index contributed by atoms with van der Waals surface area (Å²) in [7, 11) is -4.99. The Labute approximate surface area is 168 Å². The lowest BCUT2D eigenvalue weighted by Gasteiger charge is -2.16. The summed E-state index contributed by atoms with van der Waals surface area (Å²) in [4.78, 5) is 25.4. The number of nitrogens with zero attached hydrogens (tertiary/aromatic N) is 1. The lowest BCUT2D eigenvalue weighted by molar-refractivity contribution is -0.136. The molecule has 0 spiro atoms. The number of hydrogen-bond donors (Lipinski definition) is 2. The summed E-state index contributed by atoms with van der Waals surface area (Å²) >= 11 is 0. The lowest BCUT2D eigenvalue weighted by Crippen LogP contribution is -2.31. The molecule has 2 rings (SSSR count). The van der Waals surface area contributed by atoms with E-state index in [0.29, 0.717) is 12.1 Å². The van der Waals surface area contributed by atoms with Crippen molar-refractivity contribution in [2.45, 2.75) is 12.4 Å². The van der Waals surface area contributed by atoms with Gasteiger partial charge in [0.25, 0.3) is 5.91 Å². The van der Waals surface area contributed by atoms with Gasteiger partial charge in [-0.15, -0.1) is 0 Å². The monoisotopic (exact) mass is 456 g/mol. The second kappa shape index (κ2) is 8.47. The number of methoxy groups -OCH3 is 1. The van der Waals surface area contributed by atoms with Crippen LogP contribution in [0.25, 0.3) is 0 Å². The van der Waals surface area contributed by atoms with E-state index >= 15 is 0 Å². The Morgan fingerprint density at radius 1 is 1.33 bits per heavy atom. The Bertz CT molecular complexity index is 1010. The van der Waals surface area contributed by atoms with E-state index in [9.17, 15) is 35.6 Å². The number of halogens is 4. The minimum Gasteiger partial charge on any atom is -0.466 e. The van der Waals surface area contributed by atoms with E-state index in [1.54, 1.807) is 0 Å². The molecular weight excluding hydrogens is 440 g/mol. The molecule has 0 bridgehead atoms. The molecule has 1 aliphatic heterocycles. The molecule has 0 atom stereocenters. The molecule has 9 nitrogen and oxygen atoms in total. The topological polar surface area (TPSA) is 122 Å². The SMILES string of the molecule is COC(=O)C1=C(Nc2cc(OS(=O)(=O)C(F)(F)F)c(C)cc2F)C(=O)N(CCO)C1. The van der Waals surface area contributed by atoms with Gasteiger partial charge in [-0.25, -0.2) is 9.18 Å². The van der Waals surface area contributed by atoms with Crippen LogP contribution in [-0.2, 0) is 24.4 Å². The van der Waals surface area contributed by atoms with Gasteiger partial charge < -0.3 is 24.2 Å². The van der Waals surface area contributed by atoms with Crippen LogP contribution in [-0.4, -0.2) is 62.6 Å². The molecule has 1 aliphatic rings. The van der Waals surface area contributed by atoms with Gasteiger partial charge in [0.15, 0.2) is 0 Å². The highest BCUT2D eigenvalue weighted by molar-refractivity contribution is 7.88. The first kappa shape index (κ1) is 23.4. The van der Waals surface area contributed by atoms with Gasteiger partial charge in [0, 0.05) is 12.6 Å². The fraction of sp³-hybridized carbons (Fsp3) is 0.375. The lowest BCUT2D eigenvalue weighted by atomic mass is 10.1. The highest BCUT2D eigenvalue weighted by Crippen LogP contribution is 2.33. The molecule has 1 amide bonds. The molecule has 1 heterocycles. The number of carbonyl (C=O) groups is 2. The molecule has 30 heavy (non-hydrogen) atoms. The van der Waals surface area contributed by atoms with Gasteiger partial charge in [0.1, 0.15) is 17.3 Å². The number of benzene rings is 1. The molecule has 0 radical (unpaired) electrons. The van der Waals surface area contributed by atoms with Crippen LogP contribution in [0.3, 0.4) is 0 Å². The van der Waals surface area contributed by atoms with Crippen molar-refractivity contribution in [3.8, 4) is 5.75 Å². The highest BCUT2D eigenvalue weighted by Gasteiger charge is 2.48. The highest BCUT2D eigenvalue weighted by atomic mass is 32.2. The van der Waals surface area contributed by atoms with Gasteiger partial charge in [0.2, 0.25) is 0 Å². The number of amides is 1. The Morgan fingerprint density at radius 3 is 2.50 bits per heavy atom. The quantitative estimate of drug-likeness (QED) is 0.270. The maximum absolute atomic E-state index is 14.3. The van der Waals surface area contributed by atoms with Crippen LogP contribution in [0.2, 0.25) is 0 Å². The van der Waals surface area contributed by atoms with E-state index < -0.39 is 57.1 Å². The standard InChI is InChI=1S/C16H16F4N2O7S/c1-8-5-10(17)11(6-12(8)29-30(26,27)16(18,19)20)21-13-9(15(25)28-2)7-22(3-4-23)14(13)24/h5-6,21,23H,3-4,7H2,1-2H3. The van der Waals surface area contributed by atoms with Crippen LogP contribution in [0.1, 0.15) is 5.56 Å². The van der Waals surface area contributed by atoms with Gasteiger partial charge in [-0.05, 0) is 18.6 Å². The molecule has 0 saturated heterocycles. The van der Waals surface area contributed by atoms with Crippen LogP contribution >= 0.6 is 0 Å². The number of aliphatic hydroxyl groups excluding tert-OH is 1. The molecule has 1 aromatic carbocycles. The molecule has 14 heteroatoms. The summed E-state index contributed by atoms with van der Waals surface area (Å²) in [6.45, 7) is 0.253. The molecule has 0 fully saturated rings. The largest absolute Gasteiger partial charge is 0.534 e. The van der Waals surface area contributed by atoms with Crippen molar-refractivity contribution in [2.75, 3.05) is 32.1 Å². The minimum absolute atomic E-state index is 0.154. The Kier molecular flexibility index (Phi) is 6.61. The number of carbonyl (C=O) groups excluding carboxylic acids is 2.